The third-order valence-corrected chi connectivity index (χ3v) is 0.656. The van der Waals surface area contributed by atoms with Crippen molar-refractivity contribution >= 4 is 6.34 Å². The molecule has 3 N–H and O–H groups in total. The lowest BCUT2D eigenvalue weighted by molar-refractivity contribution is 0.0673. The van der Waals surface area contributed by atoms with E-state index in [4.69, 9.17) is 5.73 Å². The Morgan fingerprint density at radius 1 is 2.00 bits per heavy atom. The summed E-state index contributed by atoms with van der Waals surface area (Å²) in [6.45, 7) is 0.455. The van der Waals surface area contributed by atoms with Crippen molar-refractivity contribution in [1.82, 2.24) is 5.48 Å². The fourth-order valence-corrected chi connectivity index (χ4v) is 0.340. The number of aliphatic imine (C=N–C) groups is 1. The lowest BCUT2D eigenvalue weighted by Gasteiger charge is -2.10. The molecule has 1 unspecified atom stereocenters. The van der Waals surface area contributed by atoms with Gasteiger partial charge in [-0.15, -0.1) is 0 Å². The first-order chi connectivity index (χ1) is 3.39. The summed E-state index contributed by atoms with van der Waals surface area (Å²) in [4.78, 5) is 8.40. The van der Waals surface area contributed by atoms with Gasteiger partial charge < -0.3 is 5.73 Å². The first-order valence-corrected chi connectivity index (χ1v) is 2.04. The van der Waals surface area contributed by atoms with Crippen molar-refractivity contribution < 1.29 is 4.84 Å². The van der Waals surface area contributed by atoms with Crippen LogP contribution >= 0.6 is 0 Å². The highest BCUT2D eigenvalue weighted by Crippen LogP contribution is 1.82. The maximum atomic E-state index is 5.27. The Hall–Kier alpha value is -0.610. The molecule has 1 heterocycles. The van der Waals surface area contributed by atoms with Gasteiger partial charge in [0.25, 0.3) is 0 Å². The summed E-state index contributed by atoms with van der Waals surface area (Å²) in [5.41, 5.74) is 7.72. The van der Waals surface area contributed by atoms with Crippen molar-refractivity contribution in [3.8, 4) is 0 Å². The second-order valence-electron chi connectivity index (χ2n) is 1.27. The van der Waals surface area contributed by atoms with E-state index in [2.05, 4.69) is 15.3 Å². The van der Waals surface area contributed by atoms with E-state index in [1.807, 2.05) is 0 Å². The SMILES string of the molecule is NC1CONC=N1. The van der Waals surface area contributed by atoms with Gasteiger partial charge in [-0.25, -0.2) is 0 Å². The first-order valence-electron chi connectivity index (χ1n) is 2.04. The molecule has 1 aliphatic rings. The monoisotopic (exact) mass is 101 g/mol. The fourth-order valence-electron chi connectivity index (χ4n) is 0.340. The van der Waals surface area contributed by atoms with Gasteiger partial charge in [0.2, 0.25) is 0 Å². The van der Waals surface area contributed by atoms with Crippen molar-refractivity contribution in [1.29, 1.82) is 0 Å². The summed E-state index contributed by atoms with van der Waals surface area (Å²) < 4.78 is 0. The number of nitrogens with two attached hydrogens (primary N) is 1. The molecule has 4 heteroatoms. The Morgan fingerprint density at radius 2 is 2.86 bits per heavy atom. The normalized spacial score (nSPS) is 29.6. The molecule has 40 valence electrons. The number of hydroxylamine groups is 1. The summed E-state index contributed by atoms with van der Waals surface area (Å²) in [6.07, 6.45) is 1.26. The van der Waals surface area contributed by atoms with E-state index in [1.54, 1.807) is 0 Å². The van der Waals surface area contributed by atoms with Crippen LogP contribution in [0.1, 0.15) is 0 Å². The second kappa shape index (κ2) is 1.90. The Labute approximate surface area is 41.3 Å². The highest BCUT2D eigenvalue weighted by Gasteiger charge is 1.99. The van der Waals surface area contributed by atoms with Crippen molar-refractivity contribution in [3.63, 3.8) is 0 Å². The zero-order valence-electron chi connectivity index (χ0n) is 3.79. The molecule has 0 aromatic heterocycles. The zero-order valence-corrected chi connectivity index (χ0v) is 3.79. The number of nitrogens with zero attached hydrogens (tertiary/aromatic N) is 1. The van der Waals surface area contributed by atoms with Gasteiger partial charge in [-0.05, 0) is 0 Å². The molecular weight excluding hydrogens is 94.1 g/mol. The van der Waals surface area contributed by atoms with Gasteiger partial charge in [0.15, 0.2) is 0 Å². The smallest absolute Gasteiger partial charge is 0.125 e. The third kappa shape index (κ3) is 1.13. The van der Waals surface area contributed by atoms with Crippen molar-refractivity contribution in [2.24, 2.45) is 10.7 Å². The average molecular weight is 101 g/mol. The molecule has 0 aliphatic carbocycles. The van der Waals surface area contributed by atoms with Gasteiger partial charge in [0, 0.05) is 0 Å². The van der Waals surface area contributed by atoms with Crippen LogP contribution in [-0.4, -0.2) is 19.1 Å². The van der Waals surface area contributed by atoms with Crippen molar-refractivity contribution in [3.05, 3.63) is 0 Å². The van der Waals surface area contributed by atoms with Crippen LogP contribution in [-0.2, 0) is 4.84 Å². The molecule has 0 saturated heterocycles. The molecule has 0 aromatic carbocycles. The standard InChI is InChI=1S/C3H7N3O/c4-3-1-7-6-2-5-3/h2-3H,1,4H2,(H,5,6). The highest BCUT2D eigenvalue weighted by molar-refractivity contribution is 5.53. The molecule has 0 radical (unpaired) electrons. The molecule has 0 bridgehead atoms. The van der Waals surface area contributed by atoms with Crippen LogP contribution in [0.3, 0.4) is 0 Å². The van der Waals surface area contributed by atoms with E-state index in [-0.39, 0.29) is 6.17 Å². The maximum Gasteiger partial charge on any atom is 0.125 e. The number of rotatable bonds is 0. The molecule has 0 saturated carbocycles. The lowest BCUT2D eigenvalue weighted by atomic mass is 10.6. The van der Waals surface area contributed by atoms with Crippen LogP contribution < -0.4 is 11.2 Å². The van der Waals surface area contributed by atoms with Gasteiger partial charge in [-0.3, -0.25) is 15.3 Å². The van der Waals surface area contributed by atoms with E-state index in [1.165, 1.54) is 6.34 Å². The summed E-state index contributed by atoms with van der Waals surface area (Å²) in [7, 11) is 0. The predicted octanol–water partition coefficient (Wildman–Crippen LogP) is -1.17. The van der Waals surface area contributed by atoms with E-state index in [9.17, 15) is 0 Å². The first kappa shape index (κ1) is 4.55. The molecule has 4 nitrogen and oxygen atoms in total. The number of nitrogens with one attached hydrogen (secondary N) is 1. The van der Waals surface area contributed by atoms with Gasteiger partial charge in [-0.2, -0.15) is 0 Å². The summed E-state index contributed by atoms with van der Waals surface area (Å²) in [6, 6.07) is 0. The van der Waals surface area contributed by atoms with E-state index < -0.39 is 0 Å². The second-order valence-corrected chi connectivity index (χ2v) is 1.27. The lowest BCUT2D eigenvalue weighted by Crippen LogP contribution is -2.33. The third-order valence-electron chi connectivity index (χ3n) is 0.656. The minimum atomic E-state index is -0.179. The quantitative estimate of drug-likeness (QED) is 0.404. The fraction of sp³-hybridized carbons (Fsp3) is 0.667. The Morgan fingerprint density at radius 3 is 3.14 bits per heavy atom. The Kier molecular flexibility index (Phi) is 1.24. The molecule has 7 heavy (non-hydrogen) atoms. The van der Waals surface area contributed by atoms with Gasteiger partial charge in [-0.1, -0.05) is 0 Å². The average Bonchev–Trinajstić information content (AvgIpc) is 1.69. The van der Waals surface area contributed by atoms with Crippen molar-refractivity contribution in [2.45, 2.75) is 6.17 Å². The summed E-state index contributed by atoms with van der Waals surface area (Å²) in [5.74, 6) is 0. The topological polar surface area (TPSA) is 59.6 Å². The molecule has 1 aliphatic heterocycles. The number of hydrogen-bond acceptors (Lipinski definition) is 4. The van der Waals surface area contributed by atoms with E-state index in [0.29, 0.717) is 6.61 Å². The molecule has 0 fully saturated rings. The van der Waals surface area contributed by atoms with Crippen LogP contribution in [0.15, 0.2) is 4.99 Å². The summed E-state index contributed by atoms with van der Waals surface area (Å²) in [5, 5.41) is 0. The van der Waals surface area contributed by atoms with Crippen LogP contribution in [0.4, 0.5) is 0 Å². The molecule has 0 spiro atoms. The van der Waals surface area contributed by atoms with Crippen LogP contribution in [0.2, 0.25) is 0 Å². The van der Waals surface area contributed by atoms with Crippen LogP contribution in [0.5, 0.6) is 0 Å². The highest BCUT2D eigenvalue weighted by atomic mass is 16.6. The van der Waals surface area contributed by atoms with E-state index in [0.717, 1.165) is 0 Å². The predicted molar refractivity (Wildman–Crippen MR) is 25.6 cm³/mol. The minimum Gasteiger partial charge on any atom is -0.308 e. The maximum absolute atomic E-state index is 5.27. The van der Waals surface area contributed by atoms with Crippen LogP contribution in [0.25, 0.3) is 0 Å². The molecule has 0 aromatic rings. The van der Waals surface area contributed by atoms with Gasteiger partial charge in [0.1, 0.15) is 19.1 Å². The van der Waals surface area contributed by atoms with Crippen molar-refractivity contribution in [2.75, 3.05) is 6.61 Å². The van der Waals surface area contributed by atoms with Gasteiger partial charge in [0.05, 0.1) is 0 Å². The Bertz CT molecular complexity index is 82.2. The van der Waals surface area contributed by atoms with Gasteiger partial charge >= 0.3 is 0 Å². The molecule has 1 atom stereocenters. The zero-order chi connectivity index (χ0) is 5.11. The van der Waals surface area contributed by atoms with E-state index >= 15 is 0 Å². The number of hydrogen-bond donors (Lipinski definition) is 2. The Balaban J connectivity index is 2.36. The molecule has 1 rings (SSSR count). The molecular formula is C3H7N3O. The van der Waals surface area contributed by atoms with Crippen LogP contribution in [0, 0.1) is 0 Å². The molecule has 0 amide bonds. The summed E-state index contributed by atoms with van der Waals surface area (Å²) >= 11 is 0. The minimum absolute atomic E-state index is 0.179. The largest absolute Gasteiger partial charge is 0.308 e.